The molecule has 5 nitrogen and oxygen atoms in total. The summed E-state index contributed by atoms with van der Waals surface area (Å²) in [5, 5.41) is 0. The van der Waals surface area contributed by atoms with Crippen LogP contribution in [0.1, 0.15) is 26.6 Å². The lowest BCUT2D eigenvalue weighted by molar-refractivity contribution is 0.163. The maximum absolute atomic E-state index is 5.65. The fraction of sp³-hybridized carbons (Fsp3) is 0.600. The van der Waals surface area contributed by atoms with Crippen LogP contribution >= 0.6 is 0 Å². The van der Waals surface area contributed by atoms with Crippen molar-refractivity contribution >= 4 is 5.82 Å². The van der Waals surface area contributed by atoms with E-state index in [1.165, 1.54) is 0 Å². The highest BCUT2D eigenvalue weighted by Gasteiger charge is 2.10. The third-order valence-corrected chi connectivity index (χ3v) is 2.21. The van der Waals surface area contributed by atoms with E-state index in [-0.39, 0.29) is 6.10 Å². The van der Waals surface area contributed by atoms with Crippen LogP contribution < -0.4 is 16.0 Å². The summed E-state index contributed by atoms with van der Waals surface area (Å²) in [5.41, 5.74) is 2.48. The van der Waals surface area contributed by atoms with Crippen molar-refractivity contribution in [3.8, 4) is 5.88 Å². The number of aromatic nitrogens is 2. The molecule has 0 amide bonds. The molecule has 1 atom stereocenters. The van der Waals surface area contributed by atoms with Crippen molar-refractivity contribution in [2.75, 3.05) is 5.43 Å². The number of nitrogens with two attached hydrogens (primary N) is 1. The quantitative estimate of drug-likeness (QED) is 0.582. The summed E-state index contributed by atoms with van der Waals surface area (Å²) in [7, 11) is 0. The summed E-state index contributed by atoms with van der Waals surface area (Å²) in [5.74, 6) is 7.47. The second-order valence-corrected chi connectivity index (χ2v) is 3.85. The fourth-order valence-corrected chi connectivity index (χ4v) is 1.00. The number of hydrogen-bond donors (Lipinski definition) is 2. The average Bonchev–Trinajstić information content (AvgIpc) is 2.16. The predicted molar refractivity (Wildman–Crippen MR) is 59.5 cm³/mol. The highest BCUT2D eigenvalue weighted by Crippen LogP contribution is 2.16. The van der Waals surface area contributed by atoms with Crippen molar-refractivity contribution in [2.45, 2.75) is 33.8 Å². The van der Waals surface area contributed by atoms with Crippen molar-refractivity contribution in [1.82, 2.24) is 9.97 Å². The third-order valence-electron chi connectivity index (χ3n) is 2.21. The van der Waals surface area contributed by atoms with Crippen molar-refractivity contribution in [3.05, 3.63) is 11.9 Å². The van der Waals surface area contributed by atoms with E-state index in [2.05, 4.69) is 29.2 Å². The summed E-state index contributed by atoms with van der Waals surface area (Å²) in [6.07, 6.45) is 0.116. The number of hydrogen-bond acceptors (Lipinski definition) is 5. The van der Waals surface area contributed by atoms with Crippen LogP contribution in [-0.2, 0) is 0 Å². The second-order valence-electron chi connectivity index (χ2n) is 3.85. The molecule has 3 N–H and O–H groups in total. The maximum Gasteiger partial charge on any atom is 0.219 e. The average molecular weight is 210 g/mol. The van der Waals surface area contributed by atoms with E-state index in [9.17, 15) is 0 Å². The van der Waals surface area contributed by atoms with E-state index in [0.29, 0.717) is 23.4 Å². The summed E-state index contributed by atoms with van der Waals surface area (Å²) < 4.78 is 5.65. The van der Waals surface area contributed by atoms with Gasteiger partial charge in [-0.2, -0.15) is 4.98 Å². The van der Waals surface area contributed by atoms with Gasteiger partial charge >= 0.3 is 0 Å². The van der Waals surface area contributed by atoms with Gasteiger partial charge in [0.25, 0.3) is 0 Å². The van der Waals surface area contributed by atoms with E-state index in [1.807, 2.05) is 6.92 Å². The zero-order valence-electron chi connectivity index (χ0n) is 9.61. The van der Waals surface area contributed by atoms with Crippen LogP contribution in [0.2, 0.25) is 0 Å². The molecule has 0 spiro atoms. The molecule has 0 bridgehead atoms. The minimum absolute atomic E-state index is 0.116. The van der Waals surface area contributed by atoms with Crippen LogP contribution in [0.5, 0.6) is 5.88 Å². The van der Waals surface area contributed by atoms with E-state index < -0.39 is 0 Å². The number of hydrazine groups is 1. The monoisotopic (exact) mass is 210 g/mol. The van der Waals surface area contributed by atoms with Crippen molar-refractivity contribution in [3.63, 3.8) is 0 Å². The fourth-order valence-electron chi connectivity index (χ4n) is 1.00. The van der Waals surface area contributed by atoms with Crippen LogP contribution in [0.3, 0.4) is 0 Å². The van der Waals surface area contributed by atoms with E-state index >= 15 is 0 Å². The third kappa shape index (κ3) is 3.36. The highest BCUT2D eigenvalue weighted by atomic mass is 16.5. The van der Waals surface area contributed by atoms with Crippen LogP contribution in [0.25, 0.3) is 0 Å². The Bertz CT molecular complexity index is 327. The number of rotatable bonds is 4. The first-order valence-corrected chi connectivity index (χ1v) is 5.02. The molecule has 5 heteroatoms. The zero-order valence-corrected chi connectivity index (χ0v) is 9.61. The van der Waals surface area contributed by atoms with Crippen LogP contribution in [0.15, 0.2) is 6.07 Å². The van der Waals surface area contributed by atoms with Gasteiger partial charge in [0.15, 0.2) is 0 Å². The lowest BCUT2D eigenvalue weighted by Crippen LogP contribution is -2.20. The summed E-state index contributed by atoms with van der Waals surface area (Å²) in [4.78, 5) is 8.25. The van der Waals surface area contributed by atoms with Gasteiger partial charge in [0.1, 0.15) is 11.6 Å². The van der Waals surface area contributed by atoms with Crippen molar-refractivity contribution in [2.24, 2.45) is 11.8 Å². The largest absolute Gasteiger partial charge is 0.474 e. The van der Waals surface area contributed by atoms with E-state index in [1.54, 1.807) is 13.0 Å². The molecule has 1 aromatic rings. The number of nitrogens with zero attached hydrogens (tertiary/aromatic N) is 2. The maximum atomic E-state index is 5.65. The van der Waals surface area contributed by atoms with Gasteiger partial charge in [-0.3, -0.25) is 0 Å². The van der Waals surface area contributed by atoms with Crippen LogP contribution in [-0.4, -0.2) is 16.1 Å². The topological polar surface area (TPSA) is 73.1 Å². The summed E-state index contributed by atoms with van der Waals surface area (Å²) in [6.45, 7) is 8.01. The molecule has 0 aromatic carbocycles. The molecule has 15 heavy (non-hydrogen) atoms. The number of nitrogen functional groups attached to an aromatic ring is 1. The minimum atomic E-state index is 0.116. The Morgan fingerprint density at radius 1 is 1.33 bits per heavy atom. The van der Waals surface area contributed by atoms with Crippen LogP contribution in [0.4, 0.5) is 5.82 Å². The molecular formula is C10H18N4O. The number of ether oxygens (including phenoxy) is 1. The van der Waals surface area contributed by atoms with Gasteiger partial charge < -0.3 is 10.2 Å². The second kappa shape index (κ2) is 4.93. The SMILES string of the molecule is Cc1nc(NN)cc(OC(C)C(C)C)n1. The molecular weight excluding hydrogens is 192 g/mol. The first kappa shape index (κ1) is 11.7. The van der Waals surface area contributed by atoms with Crippen molar-refractivity contribution < 1.29 is 4.74 Å². The lowest BCUT2D eigenvalue weighted by atomic mass is 10.1. The van der Waals surface area contributed by atoms with Gasteiger partial charge in [-0.25, -0.2) is 10.8 Å². The number of nitrogens with one attached hydrogen (secondary N) is 1. The Morgan fingerprint density at radius 3 is 2.53 bits per heavy atom. The van der Waals surface area contributed by atoms with Gasteiger partial charge in [-0.1, -0.05) is 13.8 Å². The predicted octanol–water partition coefficient (Wildman–Crippen LogP) is 1.49. The van der Waals surface area contributed by atoms with Crippen molar-refractivity contribution in [1.29, 1.82) is 0 Å². The van der Waals surface area contributed by atoms with Crippen LogP contribution in [0, 0.1) is 12.8 Å². The van der Waals surface area contributed by atoms with E-state index in [4.69, 9.17) is 10.6 Å². The number of aryl methyl sites for hydroxylation is 1. The highest BCUT2D eigenvalue weighted by molar-refractivity contribution is 5.36. The molecule has 1 unspecified atom stereocenters. The van der Waals surface area contributed by atoms with Gasteiger partial charge in [0.05, 0.1) is 6.10 Å². The smallest absolute Gasteiger partial charge is 0.219 e. The van der Waals surface area contributed by atoms with Gasteiger partial charge in [-0.05, 0) is 19.8 Å². The Hall–Kier alpha value is -1.36. The normalized spacial score (nSPS) is 12.7. The summed E-state index contributed by atoms with van der Waals surface area (Å²) >= 11 is 0. The van der Waals surface area contributed by atoms with Gasteiger partial charge in [0, 0.05) is 6.07 Å². The molecule has 0 fully saturated rings. The molecule has 0 aliphatic heterocycles. The Kier molecular flexibility index (Phi) is 3.85. The number of anilines is 1. The first-order valence-electron chi connectivity index (χ1n) is 5.02. The standard InChI is InChI=1S/C10H18N4O/c1-6(2)7(3)15-10-5-9(14-11)12-8(4)13-10/h5-7H,11H2,1-4H3,(H,12,13,14). The summed E-state index contributed by atoms with van der Waals surface area (Å²) in [6, 6.07) is 1.69. The molecule has 0 radical (unpaired) electrons. The first-order chi connectivity index (χ1) is 7.02. The molecule has 0 aliphatic rings. The molecule has 0 saturated heterocycles. The van der Waals surface area contributed by atoms with E-state index in [0.717, 1.165) is 0 Å². The lowest BCUT2D eigenvalue weighted by Gasteiger charge is -2.17. The molecule has 0 saturated carbocycles. The molecule has 1 heterocycles. The zero-order chi connectivity index (χ0) is 11.4. The Balaban J connectivity index is 2.80. The molecule has 1 aromatic heterocycles. The molecule has 0 aliphatic carbocycles. The van der Waals surface area contributed by atoms with Gasteiger partial charge in [0.2, 0.25) is 5.88 Å². The molecule has 1 rings (SSSR count). The Labute approximate surface area is 90.0 Å². The minimum Gasteiger partial charge on any atom is -0.474 e. The Morgan fingerprint density at radius 2 is 2.00 bits per heavy atom. The van der Waals surface area contributed by atoms with Gasteiger partial charge in [-0.15, -0.1) is 0 Å². The molecule has 84 valence electrons.